The van der Waals surface area contributed by atoms with Crippen molar-refractivity contribution >= 4 is 17.5 Å². The van der Waals surface area contributed by atoms with Crippen LogP contribution in [0.2, 0.25) is 0 Å². The van der Waals surface area contributed by atoms with E-state index in [1.165, 1.54) is 43.2 Å². The van der Waals surface area contributed by atoms with E-state index in [4.69, 9.17) is 0 Å². The first-order valence-corrected chi connectivity index (χ1v) is 11.2. The Bertz CT molecular complexity index is 1180. The Balaban J connectivity index is 1.21. The van der Waals surface area contributed by atoms with Gasteiger partial charge >= 0.3 is 5.97 Å². The van der Waals surface area contributed by atoms with Crippen molar-refractivity contribution in [3.8, 4) is 0 Å². The number of imidazole rings is 1. The van der Waals surface area contributed by atoms with Crippen LogP contribution in [-0.4, -0.2) is 53.1 Å². The van der Waals surface area contributed by atoms with Crippen molar-refractivity contribution in [3.05, 3.63) is 41.6 Å². The molecule has 0 aromatic carbocycles. The average Bonchev–Trinajstić information content (AvgIpc) is 3.37. The van der Waals surface area contributed by atoms with Gasteiger partial charge in [-0.1, -0.05) is 6.07 Å². The first-order valence-electron chi connectivity index (χ1n) is 11.2. The van der Waals surface area contributed by atoms with Gasteiger partial charge in [0.1, 0.15) is 11.3 Å². The van der Waals surface area contributed by atoms with E-state index in [1.807, 2.05) is 12.1 Å². The third-order valence-electron chi connectivity index (χ3n) is 7.60. The van der Waals surface area contributed by atoms with Crippen molar-refractivity contribution in [2.45, 2.75) is 45.1 Å². The van der Waals surface area contributed by atoms with Crippen LogP contribution < -0.4 is 5.32 Å². The summed E-state index contributed by atoms with van der Waals surface area (Å²) in [6.07, 6.45) is 9.63. The first kappa shape index (κ1) is 19.4. The Hall–Kier alpha value is -3.30. The van der Waals surface area contributed by atoms with Crippen molar-refractivity contribution in [1.29, 1.82) is 0 Å². The molecule has 3 aromatic rings. The van der Waals surface area contributed by atoms with Crippen molar-refractivity contribution < 1.29 is 14.7 Å². The van der Waals surface area contributed by atoms with E-state index in [0.29, 0.717) is 17.0 Å². The predicted molar refractivity (Wildman–Crippen MR) is 112 cm³/mol. The number of aromatic carboxylic acids is 1. The van der Waals surface area contributed by atoms with Gasteiger partial charge in [0, 0.05) is 12.7 Å². The molecule has 32 heavy (non-hydrogen) atoms. The molecular weight excluding hydrogens is 410 g/mol. The molecule has 0 unspecified atom stereocenters. The average molecular weight is 435 g/mol. The molecule has 166 valence electrons. The summed E-state index contributed by atoms with van der Waals surface area (Å²) in [6.45, 7) is 0.838. The smallest absolute Gasteiger partial charge is 0.375 e. The Morgan fingerprint density at radius 1 is 1.12 bits per heavy atom. The maximum atomic E-state index is 13.1. The summed E-state index contributed by atoms with van der Waals surface area (Å²) < 4.78 is 2.92. The van der Waals surface area contributed by atoms with E-state index in [2.05, 4.69) is 25.8 Å². The highest BCUT2D eigenvalue weighted by molar-refractivity contribution is 5.93. The van der Waals surface area contributed by atoms with Crippen LogP contribution in [0.25, 0.3) is 5.65 Å². The molecular formula is C22H25N7O3. The highest BCUT2D eigenvalue weighted by atomic mass is 16.4. The van der Waals surface area contributed by atoms with Crippen molar-refractivity contribution in [1.82, 2.24) is 34.9 Å². The van der Waals surface area contributed by atoms with Gasteiger partial charge in [0.15, 0.2) is 0 Å². The largest absolute Gasteiger partial charge is 0.475 e. The Labute approximate surface area is 184 Å². The molecule has 0 saturated heterocycles. The third-order valence-corrected chi connectivity index (χ3v) is 7.60. The van der Waals surface area contributed by atoms with Crippen LogP contribution in [0, 0.1) is 23.2 Å². The van der Waals surface area contributed by atoms with Gasteiger partial charge in [-0.05, 0) is 84.3 Å². The highest BCUT2D eigenvalue weighted by Crippen LogP contribution is 2.59. The van der Waals surface area contributed by atoms with Gasteiger partial charge in [0.25, 0.3) is 11.7 Å². The number of carbonyl (C=O) groups is 2. The molecule has 0 spiro atoms. The number of hydrogen-bond acceptors (Lipinski definition) is 6. The molecule has 2 N–H and O–H groups in total. The second-order valence-electron chi connectivity index (χ2n) is 9.94. The molecule has 1 amide bonds. The van der Waals surface area contributed by atoms with Gasteiger partial charge in [0.2, 0.25) is 0 Å². The van der Waals surface area contributed by atoms with Crippen LogP contribution in [0.4, 0.5) is 0 Å². The van der Waals surface area contributed by atoms with Crippen molar-refractivity contribution in [2.75, 3.05) is 6.54 Å². The number of carboxylic acid groups (broad SMARTS) is 1. The number of nitrogens with one attached hydrogen (secondary N) is 1. The van der Waals surface area contributed by atoms with Crippen molar-refractivity contribution in [2.24, 2.45) is 23.2 Å². The van der Waals surface area contributed by atoms with Gasteiger partial charge in [-0.15, -0.1) is 5.10 Å². The number of nitrogens with zero attached hydrogens (tertiary/aromatic N) is 6. The van der Waals surface area contributed by atoms with E-state index in [-0.39, 0.29) is 23.7 Å². The molecule has 4 saturated carbocycles. The fourth-order valence-electron chi connectivity index (χ4n) is 6.81. The first-order chi connectivity index (χ1) is 15.5. The molecule has 4 bridgehead atoms. The molecule has 4 fully saturated rings. The van der Waals surface area contributed by atoms with E-state index in [9.17, 15) is 14.7 Å². The zero-order valence-corrected chi connectivity index (χ0v) is 17.6. The molecule has 0 aliphatic heterocycles. The second kappa shape index (κ2) is 7.11. The summed E-state index contributed by atoms with van der Waals surface area (Å²) in [4.78, 5) is 28.9. The lowest BCUT2D eigenvalue weighted by Crippen LogP contribution is -2.51. The van der Waals surface area contributed by atoms with Gasteiger partial charge in [-0.2, -0.15) is 0 Å². The number of fused-ring (bicyclic) bond motifs is 1. The van der Waals surface area contributed by atoms with Gasteiger partial charge in [-0.3, -0.25) is 9.20 Å². The van der Waals surface area contributed by atoms with E-state index >= 15 is 0 Å². The molecule has 0 radical (unpaired) electrons. The Kier molecular flexibility index (Phi) is 4.31. The number of pyridine rings is 1. The van der Waals surface area contributed by atoms with Crippen molar-refractivity contribution in [3.63, 3.8) is 0 Å². The van der Waals surface area contributed by atoms with Gasteiger partial charge in [0.05, 0.1) is 12.2 Å². The maximum absolute atomic E-state index is 13.1. The molecule has 3 heterocycles. The third kappa shape index (κ3) is 3.25. The summed E-state index contributed by atoms with van der Waals surface area (Å²) in [5.74, 6) is 0.974. The monoisotopic (exact) mass is 435 g/mol. The number of hydrogen-bond donors (Lipinski definition) is 2. The number of carboxylic acids is 1. The van der Waals surface area contributed by atoms with Gasteiger partial charge in [-0.25, -0.2) is 14.5 Å². The lowest BCUT2D eigenvalue weighted by molar-refractivity contribution is -0.0503. The fourth-order valence-corrected chi connectivity index (χ4v) is 6.81. The van der Waals surface area contributed by atoms with Crippen LogP contribution in [0.15, 0.2) is 24.4 Å². The summed E-state index contributed by atoms with van der Waals surface area (Å²) in [5.41, 5.74) is 1.97. The quantitative estimate of drug-likeness (QED) is 0.606. The molecule has 0 atom stereocenters. The highest BCUT2D eigenvalue weighted by Gasteiger charge is 2.50. The van der Waals surface area contributed by atoms with Gasteiger partial charge < -0.3 is 10.4 Å². The second-order valence-corrected chi connectivity index (χ2v) is 9.94. The molecule has 3 aromatic heterocycles. The molecule has 10 nitrogen and oxygen atoms in total. The minimum Gasteiger partial charge on any atom is -0.475 e. The summed E-state index contributed by atoms with van der Waals surface area (Å²) >= 11 is 0. The zero-order chi connectivity index (χ0) is 21.9. The normalized spacial score (nSPS) is 28.3. The van der Waals surface area contributed by atoms with Crippen LogP contribution in [0.5, 0.6) is 0 Å². The summed E-state index contributed by atoms with van der Waals surface area (Å²) in [7, 11) is 0. The SMILES string of the molecule is O=C(O)c1nnnn1Cc1cn2c(C(=O)NCC34CC5CC(CC(C5)C3)C4)cccc2n1. The fraction of sp³-hybridized carbons (Fsp3) is 0.545. The zero-order valence-electron chi connectivity index (χ0n) is 17.6. The molecule has 7 rings (SSSR count). The predicted octanol–water partition coefficient (Wildman–Crippen LogP) is 2.01. The minimum atomic E-state index is -1.21. The lowest BCUT2D eigenvalue weighted by atomic mass is 9.49. The minimum absolute atomic E-state index is 0.102. The number of rotatable bonds is 6. The topological polar surface area (TPSA) is 127 Å². The van der Waals surface area contributed by atoms with E-state index < -0.39 is 5.97 Å². The van der Waals surface area contributed by atoms with Crippen LogP contribution >= 0.6 is 0 Å². The maximum Gasteiger partial charge on any atom is 0.375 e. The number of tetrazole rings is 1. The number of carbonyl (C=O) groups excluding carboxylic acids is 1. The van der Waals surface area contributed by atoms with Crippen LogP contribution in [0.1, 0.15) is 65.3 Å². The number of amides is 1. The molecule has 4 aliphatic rings. The molecule has 4 aliphatic carbocycles. The number of aromatic nitrogens is 6. The Morgan fingerprint density at radius 3 is 2.53 bits per heavy atom. The van der Waals surface area contributed by atoms with E-state index in [0.717, 1.165) is 24.3 Å². The van der Waals surface area contributed by atoms with Crippen LogP contribution in [-0.2, 0) is 6.54 Å². The lowest BCUT2D eigenvalue weighted by Gasteiger charge is -2.56. The summed E-state index contributed by atoms with van der Waals surface area (Å²) in [5, 5.41) is 23.1. The Morgan fingerprint density at radius 2 is 1.84 bits per heavy atom. The van der Waals surface area contributed by atoms with Crippen LogP contribution in [0.3, 0.4) is 0 Å². The standard InChI is InChI=1S/C22H25N7O3/c30-20(23-12-22-7-13-4-14(8-22)6-15(5-13)9-22)17-2-1-3-18-24-16(10-28(17)18)11-29-19(21(31)32)25-26-27-29/h1-3,10,13-15H,4-9,11-12H2,(H,23,30)(H,31,32). The summed E-state index contributed by atoms with van der Waals surface area (Å²) in [6, 6.07) is 5.41. The molecule has 10 heteroatoms. The van der Waals surface area contributed by atoms with E-state index in [1.54, 1.807) is 16.7 Å².